The second kappa shape index (κ2) is 7.13. The number of allylic oxidation sites excluding steroid dienone is 1. The van der Waals surface area contributed by atoms with Gasteiger partial charge in [-0.05, 0) is 44.2 Å². The summed E-state index contributed by atoms with van der Waals surface area (Å²) in [5, 5.41) is 2.97. The van der Waals surface area contributed by atoms with Gasteiger partial charge < -0.3 is 5.32 Å². The molecule has 1 aromatic rings. The van der Waals surface area contributed by atoms with Gasteiger partial charge in [0.1, 0.15) is 0 Å². The minimum absolute atomic E-state index is 0.0289. The summed E-state index contributed by atoms with van der Waals surface area (Å²) in [5.74, 6) is 0.638. The number of hydrogen-bond donors (Lipinski definition) is 1. The van der Waals surface area contributed by atoms with Crippen LogP contribution in [-0.4, -0.2) is 5.91 Å². The average molecular weight is 259 g/mol. The Bertz CT molecular complexity index is 439. The molecule has 0 fully saturated rings. The van der Waals surface area contributed by atoms with Crippen molar-refractivity contribution in [1.29, 1.82) is 0 Å². The number of amides is 1. The molecule has 2 nitrogen and oxygen atoms in total. The molecule has 1 atom stereocenters. The SMILES string of the molecule is CC(C)=CC(=O)NC(C)c1ccc(CC(C)C)cc1. The topological polar surface area (TPSA) is 29.1 Å². The van der Waals surface area contributed by atoms with E-state index in [1.54, 1.807) is 6.08 Å². The highest BCUT2D eigenvalue weighted by molar-refractivity contribution is 5.88. The third kappa shape index (κ3) is 5.73. The Morgan fingerprint density at radius 2 is 1.74 bits per heavy atom. The molecular weight excluding hydrogens is 234 g/mol. The van der Waals surface area contributed by atoms with Gasteiger partial charge in [-0.15, -0.1) is 0 Å². The zero-order valence-corrected chi connectivity index (χ0v) is 12.7. The molecule has 0 aromatic heterocycles. The number of nitrogens with one attached hydrogen (secondary N) is 1. The van der Waals surface area contributed by atoms with Crippen molar-refractivity contribution < 1.29 is 4.79 Å². The van der Waals surface area contributed by atoms with E-state index < -0.39 is 0 Å². The van der Waals surface area contributed by atoms with Crippen LogP contribution in [0.15, 0.2) is 35.9 Å². The summed E-state index contributed by atoms with van der Waals surface area (Å²) >= 11 is 0. The Balaban J connectivity index is 2.65. The van der Waals surface area contributed by atoms with Crippen LogP contribution >= 0.6 is 0 Å². The van der Waals surface area contributed by atoms with Crippen LogP contribution in [0.1, 0.15) is 51.8 Å². The van der Waals surface area contributed by atoms with Gasteiger partial charge in [0.15, 0.2) is 0 Å². The van der Waals surface area contributed by atoms with Crippen molar-refractivity contribution in [3.8, 4) is 0 Å². The zero-order valence-electron chi connectivity index (χ0n) is 12.7. The first-order chi connectivity index (χ1) is 8.88. The summed E-state index contributed by atoms with van der Waals surface area (Å²) in [6.45, 7) is 10.3. The first-order valence-electron chi connectivity index (χ1n) is 6.92. The van der Waals surface area contributed by atoms with Crippen LogP contribution in [-0.2, 0) is 11.2 Å². The number of benzene rings is 1. The van der Waals surface area contributed by atoms with Crippen LogP contribution < -0.4 is 5.32 Å². The minimum atomic E-state index is -0.0289. The predicted octanol–water partition coefficient (Wildman–Crippen LogP) is 4.03. The molecule has 0 aliphatic heterocycles. The Labute approximate surface area is 116 Å². The fourth-order valence-electron chi connectivity index (χ4n) is 2.01. The Kier molecular flexibility index (Phi) is 5.81. The standard InChI is InChI=1S/C17H25NO/c1-12(2)10-15-6-8-16(9-7-15)14(5)18-17(19)11-13(3)4/h6-9,11-12,14H,10H2,1-5H3,(H,18,19). The Morgan fingerprint density at radius 3 is 2.21 bits per heavy atom. The molecule has 0 saturated carbocycles. The van der Waals surface area contributed by atoms with Gasteiger partial charge in [0.25, 0.3) is 0 Å². The van der Waals surface area contributed by atoms with E-state index in [4.69, 9.17) is 0 Å². The normalized spacial score (nSPS) is 12.1. The lowest BCUT2D eigenvalue weighted by Gasteiger charge is -2.14. The molecule has 0 saturated heterocycles. The molecule has 0 radical (unpaired) electrons. The molecule has 1 aromatic carbocycles. The average Bonchev–Trinajstić information content (AvgIpc) is 2.27. The van der Waals surface area contributed by atoms with Gasteiger partial charge in [-0.2, -0.15) is 0 Å². The highest BCUT2D eigenvalue weighted by Crippen LogP contribution is 2.15. The molecule has 1 unspecified atom stereocenters. The van der Waals surface area contributed by atoms with E-state index in [0.717, 1.165) is 17.6 Å². The van der Waals surface area contributed by atoms with E-state index in [1.165, 1.54) is 5.56 Å². The molecule has 104 valence electrons. The van der Waals surface area contributed by atoms with Crippen molar-refractivity contribution >= 4 is 5.91 Å². The first-order valence-corrected chi connectivity index (χ1v) is 6.92. The van der Waals surface area contributed by atoms with Crippen LogP contribution in [0.3, 0.4) is 0 Å². The van der Waals surface area contributed by atoms with Gasteiger partial charge >= 0.3 is 0 Å². The molecule has 0 heterocycles. The van der Waals surface area contributed by atoms with Crippen LogP contribution in [0.4, 0.5) is 0 Å². The molecule has 1 amide bonds. The quantitative estimate of drug-likeness (QED) is 0.795. The van der Waals surface area contributed by atoms with E-state index in [1.807, 2.05) is 20.8 Å². The van der Waals surface area contributed by atoms with Gasteiger partial charge in [0.2, 0.25) is 5.91 Å². The fourth-order valence-corrected chi connectivity index (χ4v) is 2.01. The first kappa shape index (κ1) is 15.5. The molecule has 1 rings (SSSR count). The molecule has 0 aliphatic carbocycles. The molecular formula is C17H25NO. The summed E-state index contributed by atoms with van der Waals surface area (Å²) in [4.78, 5) is 11.7. The van der Waals surface area contributed by atoms with Crippen molar-refractivity contribution in [2.24, 2.45) is 5.92 Å². The number of rotatable bonds is 5. The molecule has 2 heteroatoms. The van der Waals surface area contributed by atoms with E-state index in [9.17, 15) is 4.79 Å². The van der Waals surface area contributed by atoms with Crippen LogP contribution in [0.2, 0.25) is 0 Å². The largest absolute Gasteiger partial charge is 0.346 e. The van der Waals surface area contributed by atoms with E-state index in [2.05, 4.69) is 43.4 Å². The Morgan fingerprint density at radius 1 is 1.16 bits per heavy atom. The lowest BCUT2D eigenvalue weighted by molar-refractivity contribution is -0.117. The summed E-state index contributed by atoms with van der Waals surface area (Å²) in [6.07, 6.45) is 2.72. The van der Waals surface area contributed by atoms with E-state index in [-0.39, 0.29) is 11.9 Å². The van der Waals surface area contributed by atoms with Crippen LogP contribution in [0.25, 0.3) is 0 Å². The predicted molar refractivity (Wildman–Crippen MR) is 81.0 cm³/mol. The number of carbonyl (C=O) groups is 1. The molecule has 0 aliphatic rings. The number of carbonyl (C=O) groups excluding carboxylic acids is 1. The van der Waals surface area contributed by atoms with Crippen LogP contribution in [0.5, 0.6) is 0 Å². The molecule has 0 bridgehead atoms. The van der Waals surface area contributed by atoms with Gasteiger partial charge in [-0.1, -0.05) is 43.7 Å². The van der Waals surface area contributed by atoms with Gasteiger partial charge in [-0.3, -0.25) is 4.79 Å². The molecule has 1 N–H and O–H groups in total. The lowest BCUT2D eigenvalue weighted by Crippen LogP contribution is -2.24. The minimum Gasteiger partial charge on any atom is -0.346 e. The van der Waals surface area contributed by atoms with E-state index >= 15 is 0 Å². The van der Waals surface area contributed by atoms with Crippen molar-refractivity contribution in [3.63, 3.8) is 0 Å². The molecule has 19 heavy (non-hydrogen) atoms. The van der Waals surface area contributed by atoms with E-state index in [0.29, 0.717) is 5.92 Å². The monoisotopic (exact) mass is 259 g/mol. The second-order valence-corrected chi connectivity index (χ2v) is 5.79. The lowest BCUT2D eigenvalue weighted by atomic mass is 10.00. The maximum atomic E-state index is 11.7. The van der Waals surface area contributed by atoms with Crippen molar-refractivity contribution in [3.05, 3.63) is 47.0 Å². The van der Waals surface area contributed by atoms with Crippen molar-refractivity contribution in [2.75, 3.05) is 0 Å². The van der Waals surface area contributed by atoms with Crippen molar-refractivity contribution in [1.82, 2.24) is 5.32 Å². The third-order valence-electron chi connectivity index (χ3n) is 2.90. The summed E-state index contributed by atoms with van der Waals surface area (Å²) in [5.41, 5.74) is 3.50. The summed E-state index contributed by atoms with van der Waals surface area (Å²) in [7, 11) is 0. The Hall–Kier alpha value is -1.57. The maximum Gasteiger partial charge on any atom is 0.244 e. The third-order valence-corrected chi connectivity index (χ3v) is 2.90. The molecule has 0 spiro atoms. The fraction of sp³-hybridized carbons (Fsp3) is 0.471. The van der Waals surface area contributed by atoms with Gasteiger partial charge in [0, 0.05) is 6.08 Å². The number of hydrogen-bond acceptors (Lipinski definition) is 1. The highest BCUT2D eigenvalue weighted by Gasteiger charge is 2.08. The second-order valence-electron chi connectivity index (χ2n) is 5.79. The summed E-state index contributed by atoms with van der Waals surface area (Å²) < 4.78 is 0. The highest BCUT2D eigenvalue weighted by atomic mass is 16.1. The summed E-state index contributed by atoms with van der Waals surface area (Å²) in [6, 6.07) is 8.55. The van der Waals surface area contributed by atoms with Gasteiger partial charge in [0.05, 0.1) is 6.04 Å². The zero-order chi connectivity index (χ0) is 14.4. The van der Waals surface area contributed by atoms with Crippen LogP contribution in [0, 0.1) is 5.92 Å². The van der Waals surface area contributed by atoms with Crippen molar-refractivity contribution in [2.45, 2.75) is 47.1 Å². The van der Waals surface area contributed by atoms with Gasteiger partial charge in [-0.25, -0.2) is 0 Å². The maximum absolute atomic E-state index is 11.7. The smallest absolute Gasteiger partial charge is 0.244 e.